The summed E-state index contributed by atoms with van der Waals surface area (Å²) in [6.45, 7) is 4.84. The Morgan fingerprint density at radius 1 is 1.32 bits per heavy atom. The minimum Gasteiger partial charge on any atom is -0.507 e. The molecule has 0 aliphatic heterocycles. The number of amides is 3. The highest BCUT2D eigenvalue weighted by molar-refractivity contribution is 5.97. The van der Waals surface area contributed by atoms with E-state index < -0.39 is 24.5 Å². The monoisotopic (exact) mass is 308 g/mol. The van der Waals surface area contributed by atoms with E-state index in [9.17, 15) is 19.5 Å². The number of imide groups is 1. The van der Waals surface area contributed by atoms with Crippen LogP contribution in [0.2, 0.25) is 0 Å². The summed E-state index contributed by atoms with van der Waals surface area (Å²) in [5.41, 5.74) is 0.746. The maximum Gasteiger partial charge on any atom is 0.342 e. The van der Waals surface area contributed by atoms with Crippen molar-refractivity contribution in [3.05, 3.63) is 29.3 Å². The van der Waals surface area contributed by atoms with Gasteiger partial charge in [0.2, 0.25) is 0 Å². The molecule has 0 fully saturated rings. The third-order valence-corrected chi connectivity index (χ3v) is 2.95. The molecule has 3 amide bonds. The van der Waals surface area contributed by atoms with Crippen LogP contribution in [0.3, 0.4) is 0 Å². The van der Waals surface area contributed by atoms with Crippen molar-refractivity contribution in [3.63, 3.8) is 0 Å². The molecule has 1 aromatic rings. The second-order valence-electron chi connectivity index (χ2n) is 4.93. The Kier molecular flexibility index (Phi) is 6.37. The summed E-state index contributed by atoms with van der Waals surface area (Å²) < 4.78 is 4.75. The SMILES string of the molecule is CC[C@H](C)NC(=O)NC(=O)COC(=O)c1ccc(C)cc1O. The number of aryl methyl sites for hydroxylation is 1. The Labute approximate surface area is 128 Å². The summed E-state index contributed by atoms with van der Waals surface area (Å²) in [5.74, 6) is -1.81. The van der Waals surface area contributed by atoms with Crippen LogP contribution in [0.25, 0.3) is 0 Å². The van der Waals surface area contributed by atoms with Gasteiger partial charge in [0.15, 0.2) is 6.61 Å². The summed E-state index contributed by atoms with van der Waals surface area (Å²) in [6.07, 6.45) is 0.725. The molecule has 0 aliphatic carbocycles. The van der Waals surface area contributed by atoms with Crippen molar-refractivity contribution in [1.82, 2.24) is 10.6 Å². The molecule has 0 saturated heterocycles. The topological polar surface area (TPSA) is 105 Å². The molecule has 7 nitrogen and oxygen atoms in total. The molecule has 1 rings (SSSR count). The minimum absolute atomic E-state index is 0.0394. The number of aromatic hydroxyl groups is 1. The van der Waals surface area contributed by atoms with Gasteiger partial charge in [-0.05, 0) is 38.0 Å². The molecule has 120 valence electrons. The minimum atomic E-state index is -0.838. The number of nitrogens with one attached hydrogen (secondary N) is 2. The van der Waals surface area contributed by atoms with E-state index in [0.29, 0.717) is 0 Å². The average molecular weight is 308 g/mol. The Hall–Kier alpha value is -2.57. The molecule has 0 heterocycles. The first-order valence-electron chi connectivity index (χ1n) is 6.90. The Morgan fingerprint density at radius 3 is 2.59 bits per heavy atom. The number of hydrogen-bond acceptors (Lipinski definition) is 5. The van der Waals surface area contributed by atoms with Crippen molar-refractivity contribution < 1.29 is 24.2 Å². The van der Waals surface area contributed by atoms with Gasteiger partial charge in [0, 0.05) is 6.04 Å². The lowest BCUT2D eigenvalue weighted by Crippen LogP contribution is -2.44. The normalized spacial score (nSPS) is 11.4. The molecule has 22 heavy (non-hydrogen) atoms. The highest BCUT2D eigenvalue weighted by atomic mass is 16.5. The van der Waals surface area contributed by atoms with E-state index in [1.807, 2.05) is 12.2 Å². The van der Waals surface area contributed by atoms with Crippen molar-refractivity contribution in [2.45, 2.75) is 33.2 Å². The zero-order chi connectivity index (χ0) is 16.7. The molecular weight excluding hydrogens is 288 g/mol. The van der Waals surface area contributed by atoms with Crippen LogP contribution in [0.5, 0.6) is 5.75 Å². The fourth-order valence-corrected chi connectivity index (χ4v) is 1.55. The lowest BCUT2D eigenvalue weighted by molar-refractivity contribution is -0.123. The highest BCUT2D eigenvalue weighted by Gasteiger charge is 2.16. The van der Waals surface area contributed by atoms with Crippen LogP contribution < -0.4 is 10.6 Å². The Morgan fingerprint density at radius 2 is 2.00 bits per heavy atom. The van der Waals surface area contributed by atoms with Gasteiger partial charge in [-0.3, -0.25) is 10.1 Å². The fourth-order valence-electron chi connectivity index (χ4n) is 1.55. The predicted molar refractivity (Wildman–Crippen MR) is 79.6 cm³/mol. The van der Waals surface area contributed by atoms with Crippen molar-refractivity contribution >= 4 is 17.9 Å². The summed E-state index contributed by atoms with van der Waals surface area (Å²) in [6, 6.07) is 3.74. The van der Waals surface area contributed by atoms with Crippen LogP contribution in [0.4, 0.5) is 4.79 Å². The van der Waals surface area contributed by atoms with E-state index in [0.717, 1.165) is 12.0 Å². The molecule has 0 radical (unpaired) electrons. The van der Waals surface area contributed by atoms with Crippen LogP contribution in [0, 0.1) is 6.92 Å². The van der Waals surface area contributed by atoms with E-state index in [1.165, 1.54) is 12.1 Å². The summed E-state index contributed by atoms with van der Waals surface area (Å²) in [7, 11) is 0. The molecule has 1 aromatic carbocycles. The lowest BCUT2D eigenvalue weighted by atomic mass is 10.1. The van der Waals surface area contributed by atoms with Crippen molar-refractivity contribution in [1.29, 1.82) is 0 Å². The standard InChI is InChI=1S/C15H20N2O5/c1-4-10(3)16-15(21)17-13(19)8-22-14(20)11-6-5-9(2)7-12(11)18/h5-7,10,18H,4,8H2,1-3H3,(H2,16,17,19,21)/t10-/m0/s1. The number of hydrogen-bond donors (Lipinski definition) is 3. The van der Waals surface area contributed by atoms with Crippen molar-refractivity contribution in [2.75, 3.05) is 6.61 Å². The van der Waals surface area contributed by atoms with Gasteiger partial charge < -0.3 is 15.2 Å². The lowest BCUT2D eigenvalue weighted by Gasteiger charge is -2.12. The number of urea groups is 1. The fraction of sp³-hybridized carbons (Fsp3) is 0.400. The first-order valence-corrected chi connectivity index (χ1v) is 6.90. The largest absolute Gasteiger partial charge is 0.507 e. The van der Waals surface area contributed by atoms with Gasteiger partial charge in [0.25, 0.3) is 5.91 Å². The van der Waals surface area contributed by atoms with Crippen LogP contribution in [0.15, 0.2) is 18.2 Å². The van der Waals surface area contributed by atoms with Crippen LogP contribution in [-0.4, -0.2) is 35.7 Å². The molecule has 0 aliphatic rings. The van der Waals surface area contributed by atoms with Gasteiger partial charge in [-0.1, -0.05) is 13.0 Å². The van der Waals surface area contributed by atoms with E-state index in [-0.39, 0.29) is 17.4 Å². The Balaban J connectivity index is 2.46. The average Bonchev–Trinajstić information content (AvgIpc) is 2.44. The van der Waals surface area contributed by atoms with Crippen molar-refractivity contribution in [3.8, 4) is 5.75 Å². The smallest absolute Gasteiger partial charge is 0.342 e. The molecule has 0 saturated carbocycles. The second-order valence-corrected chi connectivity index (χ2v) is 4.93. The first kappa shape index (κ1) is 17.5. The molecule has 0 aromatic heterocycles. The number of ether oxygens (including phenoxy) is 1. The van der Waals surface area contributed by atoms with E-state index >= 15 is 0 Å². The number of carbonyl (C=O) groups is 3. The quantitative estimate of drug-likeness (QED) is 0.715. The molecule has 0 spiro atoms. The molecule has 7 heteroatoms. The molecule has 1 atom stereocenters. The van der Waals surface area contributed by atoms with Crippen LogP contribution in [0.1, 0.15) is 36.2 Å². The summed E-state index contributed by atoms with van der Waals surface area (Å²) in [5, 5.41) is 14.2. The van der Waals surface area contributed by atoms with Crippen LogP contribution >= 0.6 is 0 Å². The van der Waals surface area contributed by atoms with Crippen LogP contribution in [-0.2, 0) is 9.53 Å². The van der Waals surface area contributed by atoms with Gasteiger partial charge in [0.05, 0.1) is 0 Å². The van der Waals surface area contributed by atoms with Crippen molar-refractivity contribution in [2.24, 2.45) is 0 Å². The third kappa shape index (κ3) is 5.43. The van der Waals surface area contributed by atoms with Gasteiger partial charge >= 0.3 is 12.0 Å². The first-order chi connectivity index (χ1) is 10.3. The zero-order valence-electron chi connectivity index (χ0n) is 12.8. The number of carbonyl (C=O) groups excluding carboxylic acids is 3. The number of phenolic OH excluding ortho intramolecular Hbond substituents is 1. The third-order valence-electron chi connectivity index (χ3n) is 2.95. The number of phenols is 1. The maximum absolute atomic E-state index is 11.7. The highest BCUT2D eigenvalue weighted by Crippen LogP contribution is 2.19. The zero-order valence-corrected chi connectivity index (χ0v) is 12.8. The van der Waals surface area contributed by atoms with Gasteiger partial charge in [-0.25, -0.2) is 9.59 Å². The number of benzene rings is 1. The maximum atomic E-state index is 11.7. The summed E-state index contributed by atoms with van der Waals surface area (Å²) >= 11 is 0. The van der Waals surface area contributed by atoms with E-state index in [4.69, 9.17) is 4.74 Å². The molecule has 0 bridgehead atoms. The van der Waals surface area contributed by atoms with E-state index in [2.05, 4.69) is 5.32 Å². The number of esters is 1. The van der Waals surface area contributed by atoms with Gasteiger partial charge in [-0.15, -0.1) is 0 Å². The molecule has 3 N–H and O–H groups in total. The summed E-state index contributed by atoms with van der Waals surface area (Å²) in [4.78, 5) is 34.6. The predicted octanol–water partition coefficient (Wildman–Crippen LogP) is 1.48. The Bertz CT molecular complexity index is 571. The van der Waals surface area contributed by atoms with E-state index in [1.54, 1.807) is 19.9 Å². The number of rotatable bonds is 5. The van der Waals surface area contributed by atoms with Gasteiger partial charge in [-0.2, -0.15) is 0 Å². The second kappa shape index (κ2) is 8.02. The molecule has 0 unspecified atom stereocenters. The molecular formula is C15H20N2O5. The van der Waals surface area contributed by atoms with Gasteiger partial charge in [0.1, 0.15) is 11.3 Å².